The van der Waals surface area contributed by atoms with Crippen LogP contribution in [0, 0.1) is 0 Å². The normalized spacial score (nSPS) is 12.3. The summed E-state index contributed by atoms with van der Waals surface area (Å²) in [6.45, 7) is 3.04. The Morgan fingerprint density at radius 2 is 1.64 bits per heavy atom. The van der Waals surface area contributed by atoms with E-state index in [-0.39, 0.29) is 23.5 Å². The van der Waals surface area contributed by atoms with Gasteiger partial charge in [-0.3, -0.25) is 13.9 Å². The standard InChI is InChI=1S/C30H34F3N3O5S/c1-4-17-34-29(38)27(5-2)35(20-22-11-9-14-25(18-22)41-3)28(37)21-36(42(39,40)26-15-7-6-8-16-26)24-13-10-12-23(19-24)30(31,32)33/h6-16,18-19,27H,4-5,17,20-21H2,1-3H3,(H,34,38)/t27-/m1/s1. The average molecular weight is 606 g/mol. The van der Waals surface area contributed by atoms with Gasteiger partial charge in [-0.25, -0.2) is 8.42 Å². The van der Waals surface area contributed by atoms with Crippen LogP contribution in [0.3, 0.4) is 0 Å². The number of nitrogens with zero attached hydrogens (tertiary/aromatic N) is 2. The highest BCUT2D eigenvalue weighted by Crippen LogP contribution is 2.33. The zero-order chi connectivity index (χ0) is 30.9. The summed E-state index contributed by atoms with van der Waals surface area (Å²) in [5, 5.41) is 2.78. The second-order valence-corrected chi connectivity index (χ2v) is 11.3. The molecule has 0 spiro atoms. The lowest BCUT2D eigenvalue weighted by molar-refractivity contribution is -0.140. The maximum Gasteiger partial charge on any atom is 0.416 e. The average Bonchev–Trinajstić information content (AvgIpc) is 2.98. The molecular formula is C30H34F3N3O5S. The highest BCUT2D eigenvalue weighted by Gasteiger charge is 2.35. The molecule has 0 saturated heterocycles. The number of anilines is 1. The molecule has 8 nitrogen and oxygen atoms in total. The van der Waals surface area contributed by atoms with Crippen LogP contribution in [0.5, 0.6) is 5.75 Å². The van der Waals surface area contributed by atoms with Crippen LogP contribution in [0.25, 0.3) is 0 Å². The molecule has 3 aromatic rings. The molecule has 0 radical (unpaired) electrons. The molecule has 12 heteroatoms. The smallest absolute Gasteiger partial charge is 0.416 e. The molecule has 0 aromatic heterocycles. The summed E-state index contributed by atoms with van der Waals surface area (Å²) < 4.78 is 74.3. The maximum atomic E-state index is 14.0. The van der Waals surface area contributed by atoms with Crippen LogP contribution >= 0.6 is 0 Å². The molecule has 0 aliphatic heterocycles. The fraction of sp³-hybridized carbons (Fsp3) is 0.333. The van der Waals surface area contributed by atoms with E-state index >= 15 is 0 Å². The van der Waals surface area contributed by atoms with Crippen LogP contribution in [0.4, 0.5) is 18.9 Å². The molecule has 0 bridgehead atoms. The lowest BCUT2D eigenvalue weighted by Crippen LogP contribution is -2.52. The minimum Gasteiger partial charge on any atom is -0.497 e. The number of carbonyl (C=O) groups excluding carboxylic acids is 2. The second kappa shape index (κ2) is 14.2. The van der Waals surface area contributed by atoms with Gasteiger partial charge in [-0.15, -0.1) is 0 Å². The van der Waals surface area contributed by atoms with E-state index < -0.39 is 46.2 Å². The van der Waals surface area contributed by atoms with Crippen LogP contribution in [0.2, 0.25) is 0 Å². The zero-order valence-electron chi connectivity index (χ0n) is 23.6. The minimum atomic E-state index is -4.74. The highest BCUT2D eigenvalue weighted by atomic mass is 32.2. The van der Waals surface area contributed by atoms with Crippen molar-refractivity contribution in [2.45, 2.75) is 50.3 Å². The number of sulfonamides is 1. The van der Waals surface area contributed by atoms with Crippen molar-refractivity contribution in [3.8, 4) is 5.75 Å². The number of ether oxygens (including phenoxy) is 1. The van der Waals surface area contributed by atoms with Gasteiger partial charge in [0.1, 0.15) is 18.3 Å². The molecule has 2 amide bonds. The van der Waals surface area contributed by atoms with Crippen molar-refractivity contribution in [2.75, 3.05) is 24.5 Å². The summed E-state index contributed by atoms with van der Waals surface area (Å²) in [5.74, 6) is -0.680. The highest BCUT2D eigenvalue weighted by molar-refractivity contribution is 7.92. The molecule has 42 heavy (non-hydrogen) atoms. The fourth-order valence-corrected chi connectivity index (χ4v) is 5.77. The Balaban J connectivity index is 2.11. The van der Waals surface area contributed by atoms with Crippen molar-refractivity contribution < 1.29 is 35.9 Å². The van der Waals surface area contributed by atoms with Gasteiger partial charge in [0, 0.05) is 13.1 Å². The molecule has 0 fully saturated rings. The van der Waals surface area contributed by atoms with Gasteiger partial charge >= 0.3 is 6.18 Å². The van der Waals surface area contributed by atoms with E-state index in [2.05, 4.69) is 5.32 Å². The van der Waals surface area contributed by atoms with E-state index in [1.165, 1.54) is 42.3 Å². The number of nitrogens with one attached hydrogen (secondary N) is 1. The van der Waals surface area contributed by atoms with Crippen molar-refractivity contribution in [1.82, 2.24) is 10.2 Å². The maximum absolute atomic E-state index is 14.0. The van der Waals surface area contributed by atoms with Crippen LogP contribution in [-0.2, 0) is 32.3 Å². The number of carbonyl (C=O) groups is 2. The summed E-state index contributed by atoms with van der Waals surface area (Å²) in [6, 6.07) is 16.8. The number of rotatable bonds is 13. The summed E-state index contributed by atoms with van der Waals surface area (Å²) in [4.78, 5) is 28.2. The van der Waals surface area contributed by atoms with Crippen molar-refractivity contribution in [1.29, 1.82) is 0 Å². The minimum absolute atomic E-state index is 0.0735. The van der Waals surface area contributed by atoms with Crippen LogP contribution in [0.15, 0.2) is 83.8 Å². The first-order valence-electron chi connectivity index (χ1n) is 13.4. The summed E-state index contributed by atoms with van der Waals surface area (Å²) in [6.07, 6.45) is -3.88. The third-order valence-electron chi connectivity index (χ3n) is 6.49. The van der Waals surface area contributed by atoms with E-state index in [1.807, 2.05) is 6.92 Å². The topological polar surface area (TPSA) is 96.0 Å². The molecule has 0 saturated carbocycles. The van der Waals surface area contributed by atoms with Gasteiger partial charge in [0.05, 0.1) is 23.3 Å². The van der Waals surface area contributed by atoms with Crippen molar-refractivity contribution in [3.05, 3.63) is 90.0 Å². The summed E-state index contributed by atoms with van der Waals surface area (Å²) >= 11 is 0. The van der Waals surface area contributed by atoms with Gasteiger partial charge in [0.15, 0.2) is 0 Å². The Morgan fingerprint density at radius 3 is 2.26 bits per heavy atom. The Bertz CT molecular complexity index is 1470. The van der Waals surface area contributed by atoms with Gasteiger partial charge in [-0.2, -0.15) is 13.2 Å². The number of amides is 2. The predicted molar refractivity (Wildman–Crippen MR) is 153 cm³/mol. The number of halogens is 3. The van der Waals surface area contributed by atoms with Gasteiger partial charge in [0.25, 0.3) is 10.0 Å². The lowest BCUT2D eigenvalue weighted by Gasteiger charge is -2.33. The largest absolute Gasteiger partial charge is 0.497 e. The molecule has 0 unspecified atom stereocenters. The third kappa shape index (κ3) is 8.03. The van der Waals surface area contributed by atoms with Crippen molar-refractivity contribution >= 4 is 27.5 Å². The van der Waals surface area contributed by atoms with E-state index in [0.717, 1.165) is 12.1 Å². The van der Waals surface area contributed by atoms with Gasteiger partial charge < -0.3 is 15.0 Å². The fourth-order valence-electron chi connectivity index (χ4n) is 4.34. The van der Waals surface area contributed by atoms with Crippen LogP contribution in [0.1, 0.15) is 37.8 Å². The van der Waals surface area contributed by atoms with Crippen LogP contribution in [-0.4, -0.2) is 51.4 Å². The zero-order valence-corrected chi connectivity index (χ0v) is 24.4. The molecule has 0 heterocycles. The lowest BCUT2D eigenvalue weighted by atomic mass is 10.1. The Labute approximate surface area is 244 Å². The summed E-state index contributed by atoms with van der Waals surface area (Å²) in [7, 11) is -3.01. The monoisotopic (exact) mass is 605 g/mol. The first kappa shape index (κ1) is 32.5. The van der Waals surface area contributed by atoms with Gasteiger partial charge in [-0.1, -0.05) is 50.2 Å². The molecule has 226 valence electrons. The number of hydrogen-bond donors (Lipinski definition) is 1. The molecule has 3 rings (SSSR count). The Kier molecular flexibility index (Phi) is 11.0. The molecule has 0 aliphatic rings. The number of alkyl halides is 3. The number of hydrogen-bond acceptors (Lipinski definition) is 5. The molecule has 0 aliphatic carbocycles. The van der Waals surface area contributed by atoms with E-state index in [0.29, 0.717) is 34.7 Å². The third-order valence-corrected chi connectivity index (χ3v) is 8.28. The SMILES string of the molecule is CCCNC(=O)[C@@H](CC)N(Cc1cccc(OC)c1)C(=O)CN(c1cccc(C(F)(F)F)c1)S(=O)(=O)c1ccccc1. The van der Waals surface area contributed by atoms with E-state index in [9.17, 15) is 31.2 Å². The van der Waals surface area contributed by atoms with Crippen molar-refractivity contribution in [3.63, 3.8) is 0 Å². The Morgan fingerprint density at radius 1 is 0.952 bits per heavy atom. The Hall–Kier alpha value is -4.06. The van der Waals surface area contributed by atoms with Crippen molar-refractivity contribution in [2.24, 2.45) is 0 Å². The van der Waals surface area contributed by atoms with Gasteiger partial charge in [-0.05, 0) is 60.9 Å². The second-order valence-electron chi connectivity index (χ2n) is 9.46. The number of benzene rings is 3. The molecular weight excluding hydrogens is 571 g/mol. The number of methoxy groups -OCH3 is 1. The predicted octanol–water partition coefficient (Wildman–Crippen LogP) is 5.24. The first-order chi connectivity index (χ1) is 19.9. The molecule has 1 N–H and O–H groups in total. The molecule has 1 atom stereocenters. The van der Waals surface area contributed by atoms with Gasteiger partial charge in [0.2, 0.25) is 11.8 Å². The van der Waals surface area contributed by atoms with E-state index in [1.54, 1.807) is 37.3 Å². The van der Waals surface area contributed by atoms with E-state index in [4.69, 9.17) is 4.74 Å². The first-order valence-corrected chi connectivity index (χ1v) is 14.8. The summed E-state index contributed by atoms with van der Waals surface area (Å²) in [5.41, 5.74) is -0.799. The quantitative estimate of drug-likeness (QED) is 0.288. The molecule has 3 aromatic carbocycles. The van der Waals surface area contributed by atoms with Crippen LogP contribution < -0.4 is 14.4 Å².